The molecule has 0 aromatic carbocycles. The van der Waals surface area contributed by atoms with Crippen molar-refractivity contribution in [1.29, 1.82) is 0 Å². The molecular weight excluding hydrogens is 248 g/mol. The Morgan fingerprint density at radius 2 is 1.74 bits per heavy atom. The Bertz CT molecular complexity index is 325. The lowest BCUT2D eigenvalue weighted by Gasteiger charge is -2.25. The average Bonchev–Trinajstić information content (AvgIpc) is 2.86. The predicted octanol–water partition coefficient (Wildman–Crippen LogP) is 3.17. The molecule has 3 rings (SSSR count). The monoisotopic (exact) mass is 273 g/mol. The minimum absolute atomic E-state index is 0.115. The molecule has 0 aromatic rings. The van der Waals surface area contributed by atoms with Gasteiger partial charge in [0.2, 0.25) is 5.92 Å². The molecule has 2 nitrogen and oxygen atoms in total. The van der Waals surface area contributed by atoms with Crippen molar-refractivity contribution in [3.05, 3.63) is 0 Å². The first kappa shape index (κ1) is 13.7. The van der Waals surface area contributed by atoms with Crippen LogP contribution >= 0.6 is 0 Å². The Kier molecular flexibility index (Phi) is 3.37. The molecule has 0 aromatic heterocycles. The van der Waals surface area contributed by atoms with Gasteiger partial charge in [0.25, 0.3) is 0 Å². The number of ether oxygens (including phenoxy) is 1. The highest BCUT2D eigenvalue weighted by Gasteiger charge is 2.52. The second-order valence-corrected chi connectivity index (χ2v) is 7.34. The number of hydrogen-bond acceptors (Lipinski definition) is 2. The van der Waals surface area contributed by atoms with Gasteiger partial charge in [-0.2, -0.15) is 0 Å². The van der Waals surface area contributed by atoms with Gasteiger partial charge in [-0.25, -0.2) is 8.78 Å². The SMILES string of the molecule is CC(C)OCC1(CN2CC3CC(F)(F)CC3C2)CC1. The first-order valence-corrected chi connectivity index (χ1v) is 7.59. The fraction of sp³-hybridized carbons (Fsp3) is 1.00. The van der Waals surface area contributed by atoms with E-state index in [1.807, 2.05) is 0 Å². The zero-order valence-electron chi connectivity index (χ0n) is 12.0. The largest absolute Gasteiger partial charge is 0.378 e. The van der Waals surface area contributed by atoms with Crippen LogP contribution in [0.2, 0.25) is 0 Å². The number of fused-ring (bicyclic) bond motifs is 1. The Balaban J connectivity index is 1.48. The van der Waals surface area contributed by atoms with Gasteiger partial charge in [-0.05, 0) is 38.5 Å². The molecular formula is C15H25F2NO. The third-order valence-corrected chi connectivity index (χ3v) is 5.01. The van der Waals surface area contributed by atoms with E-state index in [9.17, 15) is 8.78 Å². The van der Waals surface area contributed by atoms with Crippen molar-refractivity contribution in [3.63, 3.8) is 0 Å². The molecule has 2 saturated carbocycles. The smallest absolute Gasteiger partial charge is 0.248 e. The summed E-state index contributed by atoms with van der Waals surface area (Å²) in [5.41, 5.74) is 0.339. The van der Waals surface area contributed by atoms with Crippen LogP contribution in [0.25, 0.3) is 0 Å². The molecule has 0 radical (unpaired) electrons. The van der Waals surface area contributed by atoms with Gasteiger partial charge in [-0.3, -0.25) is 0 Å². The van der Waals surface area contributed by atoms with Crippen LogP contribution in [0, 0.1) is 17.3 Å². The first-order valence-electron chi connectivity index (χ1n) is 7.59. The molecule has 3 aliphatic rings. The number of alkyl halides is 2. The molecule has 1 heterocycles. The highest BCUT2D eigenvalue weighted by molar-refractivity contribution is 5.01. The van der Waals surface area contributed by atoms with Crippen molar-refractivity contribution in [2.45, 2.75) is 51.6 Å². The summed E-state index contributed by atoms with van der Waals surface area (Å²) >= 11 is 0. The molecule has 0 spiro atoms. The summed E-state index contributed by atoms with van der Waals surface area (Å²) in [5.74, 6) is -1.92. The molecule has 1 saturated heterocycles. The molecule has 110 valence electrons. The first-order chi connectivity index (χ1) is 8.88. The van der Waals surface area contributed by atoms with Gasteiger partial charge in [-0.1, -0.05) is 0 Å². The van der Waals surface area contributed by atoms with Crippen LogP contribution in [0.1, 0.15) is 39.5 Å². The summed E-state index contributed by atoms with van der Waals surface area (Å²) in [5, 5.41) is 0. The summed E-state index contributed by atoms with van der Waals surface area (Å²) in [4.78, 5) is 2.42. The van der Waals surface area contributed by atoms with Crippen LogP contribution < -0.4 is 0 Å². The molecule has 2 unspecified atom stereocenters. The third-order valence-electron chi connectivity index (χ3n) is 5.01. The van der Waals surface area contributed by atoms with E-state index in [2.05, 4.69) is 18.7 Å². The number of halogens is 2. The average molecular weight is 273 g/mol. The maximum atomic E-state index is 13.3. The molecule has 2 aliphatic carbocycles. The van der Waals surface area contributed by atoms with Gasteiger partial charge in [0.1, 0.15) is 0 Å². The number of hydrogen-bond donors (Lipinski definition) is 0. The molecule has 4 heteroatoms. The zero-order chi connectivity index (χ0) is 13.7. The molecule has 0 bridgehead atoms. The van der Waals surface area contributed by atoms with Crippen LogP contribution in [0.5, 0.6) is 0 Å². The maximum absolute atomic E-state index is 13.3. The van der Waals surface area contributed by atoms with E-state index >= 15 is 0 Å². The minimum Gasteiger partial charge on any atom is -0.378 e. The highest BCUT2D eigenvalue weighted by Crippen LogP contribution is 2.50. The number of rotatable bonds is 5. The van der Waals surface area contributed by atoms with E-state index in [0.29, 0.717) is 5.41 Å². The summed E-state index contributed by atoms with van der Waals surface area (Å²) in [6, 6.07) is 0. The van der Waals surface area contributed by atoms with E-state index in [1.165, 1.54) is 12.8 Å². The summed E-state index contributed by atoms with van der Waals surface area (Å²) in [7, 11) is 0. The molecule has 2 atom stereocenters. The van der Waals surface area contributed by atoms with Crippen LogP contribution in [-0.4, -0.2) is 43.2 Å². The normalized spacial score (nSPS) is 35.8. The van der Waals surface area contributed by atoms with Gasteiger partial charge in [-0.15, -0.1) is 0 Å². The summed E-state index contributed by atoms with van der Waals surface area (Å²) in [6.45, 7) is 7.79. The van der Waals surface area contributed by atoms with E-state index in [0.717, 1.165) is 26.2 Å². The van der Waals surface area contributed by atoms with Crippen molar-refractivity contribution < 1.29 is 13.5 Å². The van der Waals surface area contributed by atoms with Crippen molar-refractivity contribution in [2.24, 2.45) is 17.3 Å². The van der Waals surface area contributed by atoms with Gasteiger partial charge in [0, 0.05) is 37.9 Å². The second kappa shape index (κ2) is 4.66. The van der Waals surface area contributed by atoms with E-state index in [4.69, 9.17) is 4.74 Å². The highest BCUT2D eigenvalue weighted by atomic mass is 19.3. The lowest BCUT2D eigenvalue weighted by Crippen LogP contribution is -2.33. The Labute approximate surface area is 114 Å². The molecule has 0 N–H and O–H groups in total. The fourth-order valence-corrected chi connectivity index (χ4v) is 3.82. The Morgan fingerprint density at radius 3 is 2.21 bits per heavy atom. The van der Waals surface area contributed by atoms with E-state index in [-0.39, 0.29) is 30.8 Å². The molecule has 1 aliphatic heterocycles. The standard InChI is InChI=1S/C15H25F2NO/c1-11(2)19-10-14(3-4-14)9-18-7-12-5-15(16,17)6-13(12)8-18/h11-13H,3-10H2,1-2H3. The van der Waals surface area contributed by atoms with E-state index < -0.39 is 5.92 Å². The van der Waals surface area contributed by atoms with Gasteiger partial charge < -0.3 is 9.64 Å². The molecule has 3 fully saturated rings. The Hall–Kier alpha value is -0.220. The lowest BCUT2D eigenvalue weighted by molar-refractivity contribution is -0.00525. The predicted molar refractivity (Wildman–Crippen MR) is 70.4 cm³/mol. The molecule has 19 heavy (non-hydrogen) atoms. The van der Waals surface area contributed by atoms with Crippen LogP contribution in [0.3, 0.4) is 0 Å². The fourth-order valence-electron chi connectivity index (χ4n) is 3.82. The van der Waals surface area contributed by atoms with Crippen molar-refractivity contribution in [2.75, 3.05) is 26.2 Å². The van der Waals surface area contributed by atoms with Crippen molar-refractivity contribution in [3.8, 4) is 0 Å². The number of likely N-dealkylation sites (tertiary alicyclic amines) is 1. The van der Waals surface area contributed by atoms with Crippen LogP contribution in [0.4, 0.5) is 8.78 Å². The Morgan fingerprint density at radius 1 is 1.16 bits per heavy atom. The van der Waals surface area contributed by atoms with E-state index in [1.54, 1.807) is 0 Å². The number of nitrogens with zero attached hydrogens (tertiary/aromatic N) is 1. The van der Waals surface area contributed by atoms with Gasteiger partial charge >= 0.3 is 0 Å². The molecule has 0 amide bonds. The zero-order valence-corrected chi connectivity index (χ0v) is 12.0. The summed E-state index contributed by atoms with van der Waals surface area (Å²) < 4.78 is 32.4. The minimum atomic E-state index is -2.39. The maximum Gasteiger partial charge on any atom is 0.248 e. The van der Waals surface area contributed by atoms with Crippen LogP contribution in [-0.2, 0) is 4.74 Å². The second-order valence-electron chi connectivity index (χ2n) is 7.34. The van der Waals surface area contributed by atoms with Gasteiger partial charge in [0.15, 0.2) is 0 Å². The van der Waals surface area contributed by atoms with Crippen molar-refractivity contribution >= 4 is 0 Å². The topological polar surface area (TPSA) is 12.5 Å². The van der Waals surface area contributed by atoms with Gasteiger partial charge in [0.05, 0.1) is 12.7 Å². The summed E-state index contributed by atoms with van der Waals surface area (Å²) in [6.07, 6.45) is 2.99. The lowest BCUT2D eigenvalue weighted by atomic mass is 10.0. The quantitative estimate of drug-likeness (QED) is 0.763. The van der Waals surface area contributed by atoms with Crippen LogP contribution in [0.15, 0.2) is 0 Å². The van der Waals surface area contributed by atoms with Crippen molar-refractivity contribution in [1.82, 2.24) is 4.90 Å². The third kappa shape index (κ3) is 3.10.